The van der Waals surface area contributed by atoms with Crippen molar-refractivity contribution in [2.24, 2.45) is 0 Å². The molecule has 0 saturated heterocycles. The quantitative estimate of drug-likeness (QED) is 0.160. The van der Waals surface area contributed by atoms with Gasteiger partial charge in [-0.25, -0.2) is 0 Å². The molecule has 1 heterocycles. The van der Waals surface area contributed by atoms with Crippen molar-refractivity contribution in [3.8, 4) is 0 Å². The first-order valence-electron chi connectivity index (χ1n) is 19.0. The summed E-state index contributed by atoms with van der Waals surface area (Å²) in [6.07, 6.45) is 21.3. The monoisotopic (exact) mass is 693 g/mol. The van der Waals surface area contributed by atoms with Crippen LogP contribution in [0, 0.1) is 6.92 Å². The van der Waals surface area contributed by atoms with Gasteiger partial charge in [-0.3, -0.25) is 0 Å². The minimum Gasteiger partial charge on any atom is -0.311 e. The van der Waals surface area contributed by atoms with Crippen LogP contribution in [0.3, 0.4) is 0 Å². The molecule has 0 spiro atoms. The number of allylic oxidation sites excluding steroid dienone is 7. The number of fused-ring (bicyclic) bond motifs is 7. The Labute approximate surface area is 313 Å². The van der Waals surface area contributed by atoms with Crippen molar-refractivity contribution in [3.63, 3.8) is 0 Å². The Morgan fingerprint density at radius 3 is 2.50 bits per heavy atom. The molecule has 258 valence electrons. The smallest absolute Gasteiger partial charge is 0.0499 e. The standard InChI is InChI=1S/C50H47NS/c1-7-8-18-38-33(4)45(30-42-31(2)15-14-20-39(38)42)51(36-24-22-35(23-25-36)34-16-10-9-11-17-34)37-26-27-40-43(29-37)50(5,6)44-28-32(3)47-41-19-12-13-21-46(41)52-49(47)48(40)44/h7-14,16-22,24-27,29-32,35H,1,15,23,28H2,2-6H3/b18-8-/t31-,32?,35?/m1/s1. The van der Waals surface area contributed by atoms with E-state index in [1.807, 2.05) is 17.4 Å². The summed E-state index contributed by atoms with van der Waals surface area (Å²) in [5.74, 6) is 1.32. The Balaban J connectivity index is 1.22. The average Bonchev–Trinajstić information content (AvgIpc) is 3.65. The van der Waals surface area contributed by atoms with Crippen LogP contribution < -0.4 is 4.90 Å². The van der Waals surface area contributed by atoms with Crippen LogP contribution in [0.5, 0.6) is 0 Å². The lowest BCUT2D eigenvalue weighted by atomic mass is 9.74. The first-order chi connectivity index (χ1) is 25.3. The third-order valence-electron chi connectivity index (χ3n) is 12.3. The largest absolute Gasteiger partial charge is 0.311 e. The van der Waals surface area contributed by atoms with Crippen LogP contribution in [-0.2, 0) is 5.41 Å². The first kappa shape index (κ1) is 33.0. The molecule has 1 aromatic heterocycles. The van der Waals surface area contributed by atoms with Gasteiger partial charge >= 0.3 is 0 Å². The number of hydrogen-bond donors (Lipinski definition) is 0. The molecule has 9 rings (SSSR count). The molecular weight excluding hydrogens is 647 g/mol. The molecule has 0 bridgehead atoms. The van der Waals surface area contributed by atoms with E-state index in [-0.39, 0.29) is 5.41 Å². The summed E-state index contributed by atoms with van der Waals surface area (Å²) in [5.41, 5.74) is 17.9. The van der Waals surface area contributed by atoms with Gasteiger partial charge in [0.15, 0.2) is 0 Å². The molecule has 4 aliphatic carbocycles. The van der Waals surface area contributed by atoms with Crippen LogP contribution in [0.4, 0.5) is 11.4 Å². The van der Waals surface area contributed by atoms with Gasteiger partial charge in [0.1, 0.15) is 0 Å². The second-order valence-electron chi connectivity index (χ2n) is 15.8. The van der Waals surface area contributed by atoms with Gasteiger partial charge in [0.2, 0.25) is 0 Å². The van der Waals surface area contributed by atoms with E-state index in [1.54, 1.807) is 11.1 Å². The van der Waals surface area contributed by atoms with Crippen molar-refractivity contribution >= 4 is 50.5 Å². The van der Waals surface area contributed by atoms with Crippen molar-refractivity contribution in [2.45, 2.75) is 77.0 Å². The molecule has 3 atom stereocenters. The maximum atomic E-state index is 4.01. The van der Waals surface area contributed by atoms with E-state index in [0.29, 0.717) is 17.8 Å². The molecule has 1 nitrogen and oxygen atoms in total. The molecule has 4 aromatic carbocycles. The molecule has 2 heteroatoms. The van der Waals surface area contributed by atoms with E-state index in [0.717, 1.165) is 19.3 Å². The first-order valence-corrected chi connectivity index (χ1v) is 19.8. The average molecular weight is 694 g/mol. The predicted molar refractivity (Wildman–Crippen MR) is 226 cm³/mol. The van der Waals surface area contributed by atoms with Gasteiger partial charge in [-0.2, -0.15) is 0 Å². The lowest BCUT2D eigenvalue weighted by molar-refractivity contribution is 0.577. The summed E-state index contributed by atoms with van der Waals surface area (Å²) in [7, 11) is 0. The summed E-state index contributed by atoms with van der Waals surface area (Å²) >= 11 is 1.99. The minimum absolute atomic E-state index is 0.0638. The molecule has 2 unspecified atom stereocenters. The molecule has 0 fully saturated rings. The highest BCUT2D eigenvalue weighted by molar-refractivity contribution is 7.20. The zero-order valence-corrected chi connectivity index (χ0v) is 31.9. The Bertz CT molecular complexity index is 2420. The number of thiophene rings is 1. The van der Waals surface area contributed by atoms with E-state index < -0.39 is 0 Å². The highest BCUT2D eigenvalue weighted by Gasteiger charge is 2.43. The summed E-state index contributed by atoms with van der Waals surface area (Å²) in [6.45, 7) is 16.1. The van der Waals surface area contributed by atoms with Crippen LogP contribution in [-0.4, -0.2) is 0 Å². The van der Waals surface area contributed by atoms with Gasteiger partial charge in [-0.05, 0) is 124 Å². The van der Waals surface area contributed by atoms with Crippen molar-refractivity contribution in [1.29, 1.82) is 0 Å². The summed E-state index contributed by atoms with van der Waals surface area (Å²) in [4.78, 5) is 4.05. The Kier molecular flexibility index (Phi) is 8.01. The fraction of sp³-hybridized carbons (Fsp3) is 0.240. The van der Waals surface area contributed by atoms with Crippen LogP contribution in [0.2, 0.25) is 0 Å². The van der Waals surface area contributed by atoms with Crippen molar-refractivity contribution in [2.75, 3.05) is 4.90 Å². The highest BCUT2D eigenvalue weighted by Crippen LogP contribution is 2.59. The second kappa shape index (κ2) is 12.6. The van der Waals surface area contributed by atoms with Gasteiger partial charge in [-0.15, -0.1) is 11.3 Å². The Morgan fingerprint density at radius 1 is 0.904 bits per heavy atom. The van der Waals surface area contributed by atoms with E-state index in [1.165, 1.54) is 76.6 Å². The molecule has 0 saturated carbocycles. The molecule has 0 N–H and O–H groups in total. The lowest BCUT2D eigenvalue weighted by Crippen LogP contribution is -2.22. The summed E-state index contributed by atoms with van der Waals surface area (Å²) in [6, 6.07) is 29.8. The third kappa shape index (κ3) is 5.10. The maximum absolute atomic E-state index is 4.01. The molecule has 0 radical (unpaired) electrons. The van der Waals surface area contributed by atoms with Crippen molar-refractivity contribution in [1.82, 2.24) is 0 Å². The number of benzene rings is 4. The van der Waals surface area contributed by atoms with Crippen molar-refractivity contribution < 1.29 is 0 Å². The lowest BCUT2D eigenvalue weighted by Gasteiger charge is -2.34. The van der Waals surface area contributed by atoms with Gasteiger partial charge in [0.25, 0.3) is 0 Å². The van der Waals surface area contributed by atoms with E-state index >= 15 is 0 Å². The number of anilines is 2. The number of nitrogens with zero attached hydrogens (tertiary/aromatic N) is 1. The summed E-state index contributed by atoms with van der Waals surface area (Å²) in [5, 5.41) is 1.44. The highest BCUT2D eigenvalue weighted by atomic mass is 32.1. The van der Waals surface area contributed by atoms with Gasteiger partial charge in [-0.1, -0.05) is 137 Å². The van der Waals surface area contributed by atoms with Gasteiger partial charge in [0, 0.05) is 38.0 Å². The topological polar surface area (TPSA) is 3.24 Å². The fourth-order valence-electron chi connectivity index (χ4n) is 9.51. The third-order valence-corrected chi connectivity index (χ3v) is 13.5. The van der Waals surface area contributed by atoms with E-state index in [4.69, 9.17) is 0 Å². The molecule has 52 heavy (non-hydrogen) atoms. The number of hydrogen-bond acceptors (Lipinski definition) is 2. The molecule has 4 aliphatic rings. The van der Waals surface area contributed by atoms with Gasteiger partial charge < -0.3 is 4.90 Å². The zero-order chi connectivity index (χ0) is 35.7. The maximum Gasteiger partial charge on any atom is 0.0499 e. The fourth-order valence-corrected chi connectivity index (χ4v) is 10.9. The Morgan fingerprint density at radius 2 is 1.71 bits per heavy atom. The molecule has 5 aromatic rings. The van der Waals surface area contributed by atoms with E-state index in [9.17, 15) is 0 Å². The summed E-state index contributed by atoms with van der Waals surface area (Å²) < 4.78 is 1.40. The molecule has 0 aliphatic heterocycles. The normalized spacial score (nSPS) is 21.2. The molecule has 0 amide bonds. The van der Waals surface area contributed by atoms with Gasteiger partial charge in [0.05, 0.1) is 0 Å². The number of rotatable bonds is 6. The van der Waals surface area contributed by atoms with Crippen LogP contribution in [0.15, 0.2) is 133 Å². The predicted octanol–water partition coefficient (Wildman–Crippen LogP) is 14.3. The second-order valence-corrected chi connectivity index (χ2v) is 16.9. The minimum atomic E-state index is -0.0638. The van der Waals surface area contributed by atoms with Crippen LogP contribution in [0.1, 0.15) is 114 Å². The molecular formula is C50H47NS. The zero-order valence-electron chi connectivity index (χ0n) is 31.0. The van der Waals surface area contributed by atoms with Crippen LogP contribution >= 0.6 is 11.3 Å². The Hall–Kier alpha value is -4.92. The van der Waals surface area contributed by atoms with Crippen molar-refractivity contribution in [3.05, 3.63) is 183 Å². The van der Waals surface area contributed by atoms with E-state index in [2.05, 4.69) is 167 Å². The van der Waals surface area contributed by atoms with Crippen LogP contribution in [0.25, 0.3) is 27.8 Å². The SMILES string of the molecule is C=C/C=C\c1c(C)c(N(C2=CCC(c3ccccc3)C=C2)c2ccc3c(c2)C(C)(C)C2=C3c3sc4ccccc4c3C(C)C2)cc2c1C=CC[C@H]2C.